The van der Waals surface area contributed by atoms with Crippen LogP contribution in [0.2, 0.25) is 0 Å². The van der Waals surface area contributed by atoms with Crippen LogP contribution < -0.4 is 5.32 Å². The number of nitrogens with one attached hydrogen (secondary N) is 1. The fourth-order valence-corrected chi connectivity index (χ4v) is 0.987. The van der Waals surface area contributed by atoms with Crippen LogP contribution >= 0.6 is 0 Å². The topological polar surface area (TPSA) is 32.3 Å². The average molecular weight is 143 g/mol. The van der Waals surface area contributed by atoms with E-state index in [1.807, 2.05) is 13.8 Å². The van der Waals surface area contributed by atoms with Crippen molar-refractivity contribution in [2.45, 2.75) is 38.8 Å². The fraction of sp³-hybridized carbons (Fsp3) is 1.00. The highest BCUT2D eigenvalue weighted by Crippen LogP contribution is 2.29. The number of aliphatic hydroxyl groups is 1. The molecular formula is C8H17NO. The van der Waals surface area contributed by atoms with Crippen LogP contribution in [0, 0.1) is 5.92 Å². The summed E-state index contributed by atoms with van der Waals surface area (Å²) in [6.07, 6.45) is 1.27. The molecule has 0 aromatic rings. The van der Waals surface area contributed by atoms with E-state index in [9.17, 15) is 5.11 Å². The van der Waals surface area contributed by atoms with Gasteiger partial charge in [-0.1, -0.05) is 6.92 Å². The van der Waals surface area contributed by atoms with E-state index in [4.69, 9.17) is 0 Å². The average Bonchev–Trinajstić information content (AvgIpc) is 2.40. The second kappa shape index (κ2) is 2.51. The Labute approximate surface area is 62.6 Å². The summed E-state index contributed by atoms with van der Waals surface area (Å²) in [5.74, 6) is 0.822. The molecule has 1 saturated carbocycles. The normalized spacial score (nSPS) is 32.4. The highest BCUT2D eigenvalue weighted by Gasteiger charge is 2.32. The van der Waals surface area contributed by atoms with Crippen LogP contribution in [0.15, 0.2) is 0 Å². The van der Waals surface area contributed by atoms with Gasteiger partial charge in [0.05, 0.1) is 5.60 Å². The van der Waals surface area contributed by atoms with Gasteiger partial charge >= 0.3 is 0 Å². The minimum Gasteiger partial charge on any atom is -0.389 e. The Hall–Kier alpha value is -0.0800. The molecule has 1 fully saturated rings. The van der Waals surface area contributed by atoms with Gasteiger partial charge in [0.2, 0.25) is 0 Å². The summed E-state index contributed by atoms with van der Waals surface area (Å²) < 4.78 is 0. The largest absolute Gasteiger partial charge is 0.389 e. The maximum absolute atomic E-state index is 9.32. The lowest BCUT2D eigenvalue weighted by Crippen LogP contribution is -2.36. The first-order valence-corrected chi connectivity index (χ1v) is 3.95. The van der Waals surface area contributed by atoms with Crippen LogP contribution in [-0.4, -0.2) is 23.3 Å². The maximum atomic E-state index is 9.32. The quantitative estimate of drug-likeness (QED) is 0.611. The second-order valence-electron chi connectivity index (χ2n) is 4.01. The van der Waals surface area contributed by atoms with Crippen LogP contribution in [0.3, 0.4) is 0 Å². The lowest BCUT2D eigenvalue weighted by Gasteiger charge is -2.17. The van der Waals surface area contributed by atoms with Gasteiger partial charge in [0, 0.05) is 12.6 Å². The van der Waals surface area contributed by atoms with Crippen molar-refractivity contribution >= 4 is 0 Å². The summed E-state index contributed by atoms with van der Waals surface area (Å²) in [5, 5.41) is 12.6. The third kappa shape index (κ3) is 2.67. The zero-order valence-corrected chi connectivity index (χ0v) is 7.02. The Kier molecular flexibility index (Phi) is 2.02. The monoisotopic (exact) mass is 143 g/mol. The minimum absolute atomic E-state index is 0.553. The van der Waals surface area contributed by atoms with Crippen LogP contribution in [0.4, 0.5) is 0 Å². The van der Waals surface area contributed by atoms with Crippen molar-refractivity contribution in [2.75, 3.05) is 6.54 Å². The summed E-state index contributed by atoms with van der Waals surface area (Å²) in [6.45, 7) is 6.59. The Morgan fingerprint density at radius 1 is 1.60 bits per heavy atom. The first-order chi connectivity index (χ1) is 4.49. The van der Waals surface area contributed by atoms with Gasteiger partial charge in [0.25, 0.3) is 0 Å². The van der Waals surface area contributed by atoms with Crippen molar-refractivity contribution in [1.82, 2.24) is 5.32 Å². The van der Waals surface area contributed by atoms with Gasteiger partial charge in [0.15, 0.2) is 0 Å². The predicted molar refractivity (Wildman–Crippen MR) is 41.9 cm³/mol. The van der Waals surface area contributed by atoms with E-state index in [2.05, 4.69) is 12.2 Å². The molecule has 0 radical (unpaired) electrons. The van der Waals surface area contributed by atoms with Gasteiger partial charge in [-0.2, -0.15) is 0 Å². The highest BCUT2D eigenvalue weighted by molar-refractivity contribution is 4.90. The molecule has 0 aromatic heterocycles. The zero-order chi connectivity index (χ0) is 7.78. The SMILES string of the molecule is CC1CC1NCC(C)(C)O. The Morgan fingerprint density at radius 3 is 2.40 bits per heavy atom. The first-order valence-electron chi connectivity index (χ1n) is 3.95. The zero-order valence-electron chi connectivity index (χ0n) is 7.02. The number of rotatable bonds is 3. The second-order valence-corrected chi connectivity index (χ2v) is 4.01. The van der Waals surface area contributed by atoms with Crippen molar-refractivity contribution in [2.24, 2.45) is 5.92 Å². The van der Waals surface area contributed by atoms with Gasteiger partial charge in [-0.15, -0.1) is 0 Å². The third-order valence-electron chi connectivity index (χ3n) is 1.91. The van der Waals surface area contributed by atoms with E-state index >= 15 is 0 Å². The molecule has 2 unspecified atom stereocenters. The van der Waals surface area contributed by atoms with Crippen molar-refractivity contribution in [1.29, 1.82) is 0 Å². The molecule has 0 heterocycles. The molecule has 10 heavy (non-hydrogen) atoms. The molecule has 2 nitrogen and oxygen atoms in total. The van der Waals surface area contributed by atoms with Crippen molar-refractivity contribution in [3.63, 3.8) is 0 Å². The van der Waals surface area contributed by atoms with Crippen LogP contribution in [0.25, 0.3) is 0 Å². The van der Waals surface area contributed by atoms with Gasteiger partial charge in [-0.25, -0.2) is 0 Å². The molecule has 2 heteroatoms. The summed E-state index contributed by atoms with van der Waals surface area (Å²) in [4.78, 5) is 0. The van der Waals surface area contributed by atoms with E-state index in [0.717, 1.165) is 5.92 Å². The number of hydrogen-bond donors (Lipinski definition) is 2. The molecule has 2 N–H and O–H groups in total. The lowest BCUT2D eigenvalue weighted by molar-refractivity contribution is 0.0791. The standard InChI is InChI=1S/C8H17NO/c1-6-4-7(6)9-5-8(2,3)10/h6-7,9-10H,4-5H2,1-3H3. The summed E-state index contributed by atoms with van der Waals surface area (Å²) in [7, 11) is 0. The fourth-order valence-electron chi connectivity index (χ4n) is 0.987. The van der Waals surface area contributed by atoms with Gasteiger partial charge < -0.3 is 10.4 Å². The van der Waals surface area contributed by atoms with Gasteiger partial charge in [-0.05, 0) is 26.2 Å². The van der Waals surface area contributed by atoms with E-state index in [1.165, 1.54) is 6.42 Å². The molecule has 0 amide bonds. The van der Waals surface area contributed by atoms with Crippen LogP contribution in [0.1, 0.15) is 27.2 Å². The molecule has 0 saturated heterocycles. The molecule has 2 atom stereocenters. The first kappa shape index (κ1) is 8.02. The molecule has 60 valence electrons. The van der Waals surface area contributed by atoms with E-state index in [1.54, 1.807) is 0 Å². The van der Waals surface area contributed by atoms with Crippen molar-refractivity contribution < 1.29 is 5.11 Å². The van der Waals surface area contributed by atoms with Crippen molar-refractivity contribution in [3.8, 4) is 0 Å². The maximum Gasteiger partial charge on any atom is 0.0715 e. The summed E-state index contributed by atoms with van der Waals surface area (Å²) >= 11 is 0. The van der Waals surface area contributed by atoms with Crippen LogP contribution in [-0.2, 0) is 0 Å². The molecule has 0 bridgehead atoms. The molecular weight excluding hydrogens is 126 g/mol. The molecule has 0 aromatic carbocycles. The molecule has 1 aliphatic carbocycles. The van der Waals surface area contributed by atoms with E-state index in [-0.39, 0.29) is 0 Å². The summed E-state index contributed by atoms with van der Waals surface area (Å²) in [5.41, 5.74) is -0.553. The molecule has 1 aliphatic rings. The highest BCUT2D eigenvalue weighted by atomic mass is 16.3. The predicted octanol–water partition coefficient (Wildman–Crippen LogP) is 0.755. The molecule has 1 rings (SSSR count). The Balaban J connectivity index is 2.06. The minimum atomic E-state index is -0.553. The summed E-state index contributed by atoms with van der Waals surface area (Å²) in [6, 6.07) is 0.673. The Bertz CT molecular complexity index is 117. The Morgan fingerprint density at radius 2 is 2.10 bits per heavy atom. The smallest absolute Gasteiger partial charge is 0.0715 e. The van der Waals surface area contributed by atoms with Crippen LogP contribution in [0.5, 0.6) is 0 Å². The van der Waals surface area contributed by atoms with E-state index in [0.29, 0.717) is 12.6 Å². The van der Waals surface area contributed by atoms with Crippen molar-refractivity contribution in [3.05, 3.63) is 0 Å². The molecule has 0 spiro atoms. The van der Waals surface area contributed by atoms with Gasteiger partial charge in [0.1, 0.15) is 0 Å². The van der Waals surface area contributed by atoms with E-state index < -0.39 is 5.60 Å². The molecule has 0 aliphatic heterocycles. The lowest BCUT2D eigenvalue weighted by atomic mass is 10.1. The third-order valence-corrected chi connectivity index (χ3v) is 1.91. The van der Waals surface area contributed by atoms with Gasteiger partial charge in [-0.3, -0.25) is 0 Å². The number of hydrogen-bond acceptors (Lipinski definition) is 2.